The van der Waals surface area contributed by atoms with Crippen LogP contribution in [0.25, 0.3) is 5.82 Å². The highest BCUT2D eigenvalue weighted by Crippen LogP contribution is 2.59. The second-order valence-corrected chi connectivity index (χ2v) is 13.8. The number of halogens is 3. The van der Waals surface area contributed by atoms with Gasteiger partial charge in [-0.3, -0.25) is 14.8 Å². The van der Waals surface area contributed by atoms with E-state index < -0.39 is 11.6 Å². The summed E-state index contributed by atoms with van der Waals surface area (Å²) < 4.78 is 52.4. The highest BCUT2D eigenvalue weighted by atomic mass is 32.2. The fraction of sp³-hybridized carbons (Fsp3) is 0.533. The topological polar surface area (TPSA) is 88.2 Å². The van der Waals surface area contributed by atoms with Gasteiger partial charge in [0.1, 0.15) is 11.4 Å². The van der Waals surface area contributed by atoms with Crippen LogP contribution in [-0.2, 0) is 5.54 Å². The molecule has 2 N–H and O–H groups in total. The van der Waals surface area contributed by atoms with Gasteiger partial charge >= 0.3 is 6.18 Å². The van der Waals surface area contributed by atoms with Gasteiger partial charge in [0, 0.05) is 54.7 Å². The van der Waals surface area contributed by atoms with Crippen molar-refractivity contribution in [1.29, 1.82) is 0 Å². The van der Waals surface area contributed by atoms with Crippen molar-refractivity contribution in [3.63, 3.8) is 0 Å². The molecule has 7 rings (SSSR count). The lowest BCUT2D eigenvalue weighted by atomic mass is 9.78. The molecule has 0 radical (unpaired) electrons. The molecule has 2 fully saturated rings. The number of ether oxygens (including phenoxy) is 1. The maximum absolute atomic E-state index is 13.6. The Morgan fingerprint density at radius 2 is 1.95 bits per heavy atom. The average molecular weight is 615 g/mol. The van der Waals surface area contributed by atoms with Gasteiger partial charge in [-0.1, -0.05) is 0 Å². The van der Waals surface area contributed by atoms with E-state index >= 15 is 0 Å². The van der Waals surface area contributed by atoms with Gasteiger partial charge < -0.3 is 9.64 Å². The zero-order valence-electron chi connectivity index (χ0n) is 24.4. The largest absolute Gasteiger partial charge is 0.477 e. The molecular formula is C30H35F3N7O2S+. The quantitative estimate of drug-likeness (QED) is 0.300. The van der Waals surface area contributed by atoms with Crippen LogP contribution in [0.3, 0.4) is 0 Å². The van der Waals surface area contributed by atoms with Crippen molar-refractivity contribution in [2.24, 2.45) is 11.3 Å². The van der Waals surface area contributed by atoms with Crippen LogP contribution in [0.5, 0.6) is 5.88 Å². The zero-order chi connectivity index (χ0) is 30.2. The Balaban J connectivity index is 1.20. The molecule has 228 valence electrons. The number of anilines is 2. The van der Waals surface area contributed by atoms with Gasteiger partial charge in [0.15, 0.2) is 10.8 Å². The lowest BCUT2D eigenvalue weighted by Gasteiger charge is -2.38. The summed E-state index contributed by atoms with van der Waals surface area (Å²) >= 11 is 1.31. The first-order valence-corrected chi connectivity index (χ1v) is 15.5. The molecule has 1 aliphatic carbocycles. The molecule has 1 saturated carbocycles. The summed E-state index contributed by atoms with van der Waals surface area (Å²) in [6, 6.07) is 11.3. The third kappa shape index (κ3) is 4.70. The summed E-state index contributed by atoms with van der Waals surface area (Å²) in [6.45, 7) is 8.23. The molecule has 43 heavy (non-hydrogen) atoms. The molecular weight excluding hydrogens is 579 g/mol. The molecule has 1 saturated heterocycles. The molecule has 3 aliphatic heterocycles. The standard InChI is InChI=1S/C30H34F3N7O2S/c1-27(2)17-19-18-38(27)25-20(26(41)37-43-24-6-4-5-21-34-14-12-28(19,3)40(21)24)7-8-22(35-25)39-15-9-23(36-39)42-16-13-29(10-11-29)30(31,32)33/h4-9,15,19H,10-14,16-18H2,1-3H3,(H,37,41)/p+1/t19-,28-/m1/s1. The predicted octanol–water partition coefficient (Wildman–Crippen LogP) is 5.25. The van der Waals surface area contributed by atoms with Gasteiger partial charge in [-0.2, -0.15) is 13.2 Å². The number of nitrogens with one attached hydrogen (secondary N) is 2. The number of hydrogen-bond acceptors (Lipinski definition) is 7. The third-order valence-corrected chi connectivity index (χ3v) is 10.7. The Morgan fingerprint density at radius 3 is 2.72 bits per heavy atom. The van der Waals surface area contributed by atoms with Crippen LogP contribution in [0.15, 0.2) is 47.6 Å². The highest BCUT2D eigenvalue weighted by Gasteiger charge is 2.62. The van der Waals surface area contributed by atoms with E-state index in [2.05, 4.69) is 51.4 Å². The van der Waals surface area contributed by atoms with Crippen molar-refractivity contribution in [3.05, 3.63) is 48.2 Å². The first-order valence-electron chi connectivity index (χ1n) is 14.7. The number of amides is 1. The van der Waals surface area contributed by atoms with Crippen molar-refractivity contribution in [2.45, 2.75) is 75.2 Å². The summed E-state index contributed by atoms with van der Waals surface area (Å²) in [5.41, 5.74) is -1.61. The third-order valence-electron chi connectivity index (χ3n) is 9.86. The lowest BCUT2D eigenvalue weighted by molar-refractivity contribution is -0.792. The molecule has 9 nitrogen and oxygen atoms in total. The Labute approximate surface area is 252 Å². The molecule has 4 aliphatic rings. The lowest BCUT2D eigenvalue weighted by Crippen LogP contribution is -2.64. The Bertz CT molecular complexity index is 1590. The van der Waals surface area contributed by atoms with E-state index in [9.17, 15) is 18.0 Å². The molecule has 1 amide bonds. The summed E-state index contributed by atoms with van der Waals surface area (Å²) in [4.78, 5) is 20.9. The van der Waals surface area contributed by atoms with Crippen molar-refractivity contribution in [2.75, 3.05) is 29.9 Å². The average Bonchev–Trinajstić information content (AvgIpc) is 3.50. The van der Waals surface area contributed by atoms with E-state index in [4.69, 9.17) is 9.72 Å². The first-order chi connectivity index (χ1) is 20.4. The Morgan fingerprint density at radius 1 is 1.14 bits per heavy atom. The van der Waals surface area contributed by atoms with Gasteiger partial charge in [-0.05, 0) is 70.7 Å². The number of aromatic nitrogens is 4. The number of carbonyl (C=O) groups is 1. The SMILES string of the molecule is CC1(C)C[C@@H]2CN1c1nc(-n3ccc(OCCC4(C(F)(F)F)CC4)n3)ccc1C(=O)NSc1cccc3[n+]1[C@]2(C)CCN3. The van der Waals surface area contributed by atoms with Gasteiger partial charge in [-0.25, -0.2) is 14.2 Å². The molecule has 0 unspecified atom stereocenters. The molecule has 6 heterocycles. The van der Waals surface area contributed by atoms with Gasteiger partial charge in [0.2, 0.25) is 5.88 Å². The Kier molecular flexibility index (Phi) is 6.43. The number of hydrogen-bond donors (Lipinski definition) is 2. The maximum Gasteiger partial charge on any atom is 0.394 e. The van der Waals surface area contributed by atoms with Crippen molar-refractivity contribution >= 4 is 29.5 Å². The minimum atomic E-state index is -4.21. The summed E-state index contributed by atoms with van der Waals surface area (Å²) in [6.07, 6.45) is -0.460. The van der Waals surface area contributed by atoms with E-state index in [1.807, 2.05) is 12.1 Å². The van der Waals surface area contributed by atoms with Gasteiger partial charge in [-0.15, -0.1) is 5.10 Å². The van der Waals surface area contributed by atoms with E-state index in [-0.39, 0.29) is 54.7 Å². The zero-order valence-corrected chi connectivity index (χ0v) is 25.2. The van der Waals surface area contributed by atoms with Crippen molar-refractivity contribution in [3.8, 4) is 11.7 Å². The molecule has 3 aromatic rings. The maximum atomic E-state index is 13.6. The monoisotopic (exact) mass is 614 g/mol. The molecule has 0 spiro atoms. The minimum Gasteiger partial charge on any atom is -0.477 e. The van der Waals surface area contributed by atoms with Crippen molar-refractivity contribution in [1.82, 2.24) is 19.5 Å². The van der Waals surface area contributed by atoms with Crippen LogP contribution < -0.4 is 24.2 Å². The fourth-order valence-corrected chi connectivity index (χ4v) is 7.85. The number of fused-ring (bicyclic) bond motifs is 5. The van der Waals surface area contributed by atoms with Crippen LogP contribution in [0.1, 0.15) is 63.2 Å². The van der Waals surface area contributed by atoms with E-state index in [1.54, 1.807) is 24.4 Å². The van der Waals surface area contributed by atoms with E-state index in [1.165, 1.54) is 16.6 Å². The van der Waals surface area contributed by atoms with Crippen LogP contribution in [0.4, 0.5) is 24.8 Å². The number of alkyl halides is 3. The number of nitrogens with zero attached hydrogens (tertiary/aromatic N) is 5. The number of carbonyl (C=O) groups excluding carboxylic acids is 1. The van der Waals surface area contributed by atoms with E-state index in [0.29, 0.717) is 17.2 Å². The van der Waals surface area contributed by atoms with E-state index in [0.717, 1.165) is 36.8 Å². The Hall–Kier alpha value is -3.48. The molecule has 2 bridgehead atoms. The molecule has 2 atom stereocenters. The van der Waals surface area contributed by atoms with Crippen LogP contribution in [-0.4, -0.2) is 52.1 Å². The summed E-state index contributed by atoms with van der Waals surface area (Å²) in [7, 11) is 0. The summed E-state index contributed by atoms with van der Waals surface area (Å²) in [5.74, 6) is 2.39. The molecule has 0 aromatic carbocycles. The first kappa shape index (κ1) is 28.3. The second kappa shape index (κ2) is 9.76. The van der Waals surface area contributed by atoms with Crippen molar-refractivity contribution < 1.29 is 27.3 Å². The van der Waals surface area contributed by atoms with Crippen LogP contribution in [0, 0.1) is 11.3 Å². The normalized spacial score (nSPS) is 25.1. The fourth-order valence-electron chi connectivity index (χ4n) is 7.00. The smallest absolute Gasteiger partial charge is 0.394 e. The summed E-state index contributed by atoms with van der Waals surface area (Å²) in [5, 5.41) is 8.94. The van der Waals surface area contributed by atoms with Crippen LogP contribution in [0.2, 0.25) is 0 Å². The molecule has 3 aromatic heterocycles. The second-order valence-electron chi connectivity index (χ2n) is 13.0. The minimum absolute atomic E-state index is 0.0638. The van der Waals surface area contributed by atoms with Crippen LogP contribution >= 0.6 is 11.9 Å². The number of rotatable bonds is 5. The molecule has 13 heteroatoms. The highest BCUT2D eigenvalue weighted by molar-refractivity contribution is 7.97. The van der Waals surface area contributed by atoms with Gasteiger partial charge in [0.05, 0.1) is 24.1 Å². The number of pyridine rings is 2. The van der Waals surface area contributed by atoms with Gasteiger partial charge in [0.25, 0.3) is 11.7 Å². The predicted molar refractivity (Wildman–Crippen MR) is 155 cm³/mol.